The molecule has 2 aromatic heterocycles. The molecule has 2 aromatic rings. The Labute approximate surface area is 94.9 Å². The van der Waals surface area contributed by atoms with Crippen molar-refractivity contribution in [2.24, 2.45) is 5.73 Å². The summed E-state index contributed by atoms with van der Waals surface area (Å²) >= 11 is 0. The van der Waals surface area contributed by atoms with Gasteiger partial charge < -0.3 is 14.9 Å². The van der Waals surface area contributed by atoms with Crippen LogP contribution in [0.4, 0.5) is 0 Å². The largest absolute Gasteiger partial charge is 0.331 e. The molecular weight excluding hydrogens is 202 g/mol. The van der Waals surface area contributed by atoms with Crippen LogP contribution in [-0.2, 0) is 13.1 Å². The summed E-state index contributed by atoms with van der Waals surface area (Å²) in [4.78, 5) is 8.37. The van der Waals surface area contributed by atoms with Crippen LogP contribution in [0.2, 0.25) is 0 Å². The van der Waals surface area contributed by atoms with Gasteiger partial charge in [0.05, 0.1) is 30.6 Å². The molecule has 2 rings (SSSR count). The fourth-order valence-electron chi connectivity index (χ4n) is 1.70. The topological polar surface area (TPSA) is 61.7 Å². The molecule has 0 aliphatic heterocycles. The van der Waals surface area contributed by atoms with E-state index in [4.69, 9.17) is 5.73 Å². The van der Waals surface area contributed by atoms with Crippen LogP contribution < -0.4 is 5.73 Å². The van der Waals surface area contributed by atoms with Crippen LogP contribution in [0.5, 0.6) is 0 Å². The van der Waals surface area contributed by atoms with E-state index in [1.807, 2.05) is 23.3 Å². The number of aromatic nitrogens is 4. The SMILES string of the molecule is CC(C)n1cncc1Cn1cnc(CN)c1. The van der Waals surface area contributed by atoms with Gasteiger partial charge in [-0.05, 0) is 13.8 Å². The maximum absolute atomic E-state index is 5.52. The molecule has 0 aromatic carbocycles. The molecule has 0 amide bonds. The molecule has 2 N–H and O–H groups in total. The first-order valence-corrected chi connectivity index (χ1v) is 5.42. The zero-order chi connectivity index (χ0) is 11.5. The summed E-state index contributed by atoms with van der Waals surface area (Å²) in [5.41, 5.74) is 7.61. The Kier molecular flexibility index (Phi) is 3.05. The van der Waals surface area contributed by atoms with E-state index in [2.05, 4.69) is 28.4 Å². The summed E-state index contributed by atoms with van der Waals surface area (Å²) in [6, 6.07) is 0.426. The van der Waals surface area contributed by atoms with E-state index >= 15 is 0 Å². The smallest absolute Gasteiger partial charge is 0.0953 e. The Morgan fingerprint density at radius 1 is 1.38 bits per heavy atom. The number of imidazole rings is 2. The summed E-state index contributed by atoms with van der Waals surface area (Å²) in [7, 11) is 0. The van der Waals surface area contributed by atoms with Gasteiger partial charge in [-0.2, -0.15) is 0 Å². The molecule has 5 nitrogen and oxygen atoms in total. The van der Waals surface area contributed by atoms with Gasteiger partial charge in [-0.3, -0.25) is 0 Å². The number of nitrogens with two attached hydrogens (primary N) is 1. The number of hydrogen-bond acceptors (Lipinski definition) is 3. The van der Waals surface area contributed by atoms with E-state index < -0.39 is 0 Å². The molecule has 0 fully saturated rings. The first-order valence-electron chi connectivity index (χ1n) is 5.42. The molecule has 86 valence electrons. The Bertz CT molecular complexity index is 454. The maximum atomic E-state index is 5.52. The van der Waals surface area contributed by atoms with Gasteiger partial charge in [-0.1, -0.05) is 0 Å². The zero-order valence-electron chi connectivity index (χ0n) is 9.67. The van der Waals surface area contributed by atoms with Gasteiger partial charge in [0.1, 0.15) is 0 Å². The highest BCUT2D eigenvalue weighted by atomic mass is 15.1. The lowest BCUT2D eigenvalue weighted by Crippen LogP contribution is -2.07. The minimum Gasteiger partial charge on any atom is -0.331 e. The molecular formula is C11H17N5. The Morgan fingerprint density at radius 2 is 2.19 bits per heavy atom. The van der Waals surface area contributed by atoms with E-state index in [0.29, 0.717) is 12.6 Å². The molecule has 0 unspecified atom stereocenters. The van der Waals surface area contributed by atoms with Crippen molar-refractivity contribution in [1.29, 1.82) is 0 Å². The van der Waals surface area contributed by atoms with Gasteiger partial charge in [0.2, 0.25) is 0 Å². The van der Waals surface area contributed by atoms with Gasteiger partial charge >= 0.3 is 0 Å². The van der Waals surface area contributed by atoms with Gasteiger partial charge in [0.25, 0.3) is 0 Å². The second-order valence-corrected chi connectivity index (χ2v) is 4.13. The third-order valence-corrected chi connectivity index (χ3v) is 2.54. The van der Waals surface area contributed by atoms with Crippen LogP contribution in [0, 0.1) is 0 Å². The van der Waals surface area contributed by atoms with Crippen molar-refractivity contribution in [3.8, 4) is 0 Å². The average molecular weight is 219 g/mol. The van der Waals surface area contributed by atoms with Crippen molar-refractivity contribution < 1.29 is 0 Å². The Hall–Kier alpha value is -1.62. The van der Waals surface area contributed by atoms with E-state index in [1.54, 1.807) is 6.33 Å². The number of rotatable bonds is 4. The third-order valence-electron chi connectivity index (χ3n) is 2.54. The highest BCUT2D eigenvalue weighted by molar-refractivity contribution is 5.03. The van der Waals surface area contributed by atoms with Crippen LogP contribution in [0.15, 0.2) is 25.0 Å². The fraction of sp³-hybridized carbons (Fsp3) is 0.455. The van der Waals surface area contributed by atoms with E-state index in [1.165, 1.54) is 5.69 Å². The van der Waals surface area contributed by atoms with Crippen molar-refractivity contribution in [1.82, 2.24) is 19.1 Å². The monoisotopic (exact) mass is 219 g/mol. The lowest BCUT2D eigenvalue weighted by molar-refractivity contribution is 0.561. The lowest BCUT2D eigenvalue weighted by Gasteiger charge is -2.11. The standard InChI is InChI=1S/C11H17N5/c1-9(2)16-7-13-4-11(16)6-15-5-10(3-12)14-8-15/h4-5,7-9H,3,6,12H2,1-2H3. The van der Waals surface area contributed by atoms with Crippen LogP contribution in [0.3, 0.4) is 0 Å². The fourth-order valence-corrected chi connectivity index (χ4v) is 1.70. The first kappa shape index (κ1) is 10.9. The van der Waals surface area contributed by atoms with E-state index in [9.17, 15) is 0 Å². The van der Waals surface area contributed by atoms with Crippen molar-refractivity contribution in [3.05, 3.63) is 36.4 Å². The molecule has 0 aliphatic rings. The summed E-state index contributed by atoms with van der Waals surface area (Å²) in [5.74, 6) is 0. The van der Waals surface area contributed by atoms with Crippen LogP contribution >= 0.6 is 0 Å². The van der Waals surface area contributed by atoms with E-state index in [-0.39, 0.29) is 0 Å². The van der Waals surface area contributed by atoms with Gasteiger partial charge in [0.15, 0.2) is 0 Å². The van der Waals surface area contributed by atoms with Crippen LogP contribution in [0.25, 0.3) is 0 Å². The van der Waals surface area contributed by atoms with Gasteiger partial charge in [-0.25, -0.2) is 9.97 Å². The predicted octanol–water partition coefficient (Wildman–Crippen LogP) is 1.17. The third kappa shape index (κ3) is 2.14. The molecule has 0 bridgehead atoms. The van der Waals surface area contributed by atoms with Gasteiger partial charge in [-0.15, -0.1) is 0 Å². The molecule has 0 radical (unpaired) electrons. The average Bonchev–Trinajstić information content (AvgIpc) is 2.87. The summed E-state index contributed by atoms with van der Waals surface area (Å²) in [5, 5.41) is 0. The van der Waals surface area contributed by atoms with Crippen molar-refractivity contribution in [2.45, 2.75) is 33.0 Å². The molecule has 5 heteroatoms. The molecule has 0 atom stereocenters. The Balaban J connectivity index is 2.17. The van der Waals surface area contributed by atoms with Crippen LogP contribution in [0.1, 0.15) is 31.3 Å². The second kappa shape index (κ2) is 4.49. The highest BCUT2D eigenvalue weighted by Crippen LogP contribution is 2.10. The number of hydrogen-bond donors (Lipinski definition) is 1. The predicted molar refractivity (Wildman–Crippen MR) is 61.8 cm³/mol. The molecule has 2 heterocycles. The Morgan fingerprint density at radius 3 is 2.81 bits per heavy atom. The quantitative estimate of drug-likeness (QED) is 0.839. The summed E-state index contributed by atoms with van der Waals surface area (Å²) in [6.07, 6.45) is 7.53. The second-order valence-electron chi connectivity index (χ2n) is 4.13. The lowest BCUT2D eigenvalue weighted by atomic mass is 10.3. The van der Waals surface area contributed by atoms with Crippen LogP contribution in [-0.4, -0.2) is 19.1 Å². The minimum absolute atomic E-state index is 0.426. The molecule has 0 spiro atoms. The number of nitrogens with zero attached hydrogens (tertiary/aromatic N) is 4. The maximum Gasteiger partial charge on any atom is 0.0953 e. The molecule has 16 heavy (non-hydrogen) atoms. The van der Waals surface area contributed by atoms with Gasteiger partial charge in [0, 0.05) is 25.0 Å². The van der Waals surface area contributed by atoms with Crippen molar-refractivity contribution in [3.63, 3.8) is 0 Å². The first-order chi connectivity index (χ1) is 7.70. The minimum atomic E-state index is 0.426. The summed E-state index contributed by atoms with van der Waals surface area (Å²) in [6.45, 7) is 5.55. The normalized spacial score (nSPS) is 11.2. The summed E-state index contributed by atoms with van der Waals surface area (Å²) < 4.78 is 4.18. The molecule has 0 saturated heterocycles. The highest BCUT2D eigenvalue weighted by Gasteiger charge is 2.06. The molecule has 0 saturated carbocycles. The van der Waals surface area contributed by atoms with E-state index in [0.717, 1.165) is 12.2 Å². The van der Waals surface area contributed by atoms with Crippen molar-refractivity contribution in [2.75, 3.05) is 0 Å². The van der Waals surface area contributed by atoms with Crippen molar-refractivity contribution >= 4 is 0 Å². The zero-order valence-corrected chi connectivity index (χ0v) is 9.67. The molecule has 0 aliphatic carbocycles.